The number of carbonyl (C=O) groups is 3. The third-order valence-electron chi connectivity index (χ3n) is 1.74. The van der Waals surface area contributed by atoms with Gasteiger partial charge in [-0.25, -0.2) is 0 Å². The summed E-state index contributed by atoms with van der Waals surface area (Å²) in [5.74, 6) is -2.88. The number of hydrogen-bond acceptors (Lipinski definition) is 4. The molecule has 0 aliphatic heterocycles. The first kappa shape index (κ1) is 13.4. The van der Waals surface area contributed by atoms with Gasteiger partial charge in [0.1, 0.15) is 6.04 Å². The molecule has 0 aliphatic carbocycles. The Hall–Kier alpha value is -1.63. The van der Waals surface area contributed by atoms with Gasteiger partial charge in [0.25, 0.3) is 0 Å². The minimum absolute atomic E-state index is 0.0203. The Morgan fingerprint density at radius 2 is 1.87 bits per heavy atom. The Bertz CT molecular complexity index is 266. The van der Waals surface area contributed by atoms with E-state index >= 15 is 0 Å². The van der Waals surface area contributed by atoms with Crippen molar-refractivity contribution in [3.8, 4) is 0 Å². The highest BCUT2D eigenvalue weighted by molar-refractivity contribution is 5.86. The average Bonchev–Trinajstić information content (AvgIpc) is 2.13. The van der Waals surface area contributed by atoms with E-state index in [2.05, 4.69) is 5.32 Å². The molecular formula is C8H14N2O5. The van der Waals surface area contributed by atoms with E-state index in [0.717, 1.165) is 0 Å². The summed E-state index contributed by atoms with van der Waals surface area (Å²) < 4.78 is 0. The lowest BCUT2D eigenvalue weighted by Gasteiger charge is -2.13. The Morgan fingerprint density at radius 1 is 1.33 bits per heavy atom. The molecule has 0 heterocycles. The highest BCUT2D eigenvalue weighted by Crippen LogP contribution is 1.95. The SMILES string of the molecule is C[C@H](NC(=O)[C@H](N)CCC(=O)O)C(=O)O. The fourth-order valence-electron chi connectivity index (χ4n) is 0.792. The van der Waals surface area contributed by atoms with E-state index < -0.39 is 29.9 Å². The van der Waals surface area contributed by atoms with Crippen molar-refractivity contribution in [1.82, 2.24) is 5.32 Å². The number of aliphatic carboxylic acids is 2. The van der Waals surface area contributed by atoms with E-state index in [0.29, 0.717) is 0 Å². The molecule has 0 bridgehead atoms. The molecule has 86 valence electrons. The van der Waals surface area contributed by atoms with Crippen LogP contribution in [0.5, 0.6) is 0 Å². The van der Waals surface area contributed by atoms with Crippen LogP contribution in [0.4, 0.5) is 0 Å². The zero-order valence-corrected chi connectivity index (χ0v) is 8.27. The largest absolute Gasteiger partial charge is 0.481 e. The first-order chi connectivity index (χ1) is 6.84. The normalized spacial score (nSPS) is 14.0. The van der Waals surface area contributed by atoms with Crippen LogP contribution in [0.15, 0.2) is 0 Å². The monoisotopic (exact) mass is 218 g/mol. The van der Waals surface area contributed by atoms with Crippen LogP contribution >= 0.6 is 0 Å². The summed E-state index contributed by atoms with van der Waals surface area (Å²) in [6.07, 6.45) is -0.246. The van der Waals surface area contributed by atoms with Gasteiger partial charge in [0.15, 0.2) is 0 Å². The molecule has 0 aromatic carbocycles. The Balaban J connectivity index is 3.99. The van der Waals surface area contributed by atoms with Crippen molar-refractivity contribution in [1.29, 1.82) is 0 Å². The fraction of sp³-hybridized carbons (Fsp3) is 0.625. The topological polar surface area (TPSA) is 130 Å². The molecule has 15 heavy (non-hydrogen) atoms. The molecule has 0 aromatic rings. The second kappa shape index (κ2) is 5.97. The lowest BCUT2D eigenvalue weighted by molar-refractivity contribution is -0.142. The molecule has 0 aliphatic rings. The van der Waals surface area contributed by atoms with Gasteiger partial charge < -0.3 is 21.3 Å². The highest BCUT2D eigenvalue weighted by Gasteiger charge is 2.19. The molecule has 0 spiro atoms. The maximum absolute atomic E-state index is 11.2. The second-order valence-electron chi connectivity index (χ2n) is 3.11. The molecule has 1 amide bonds. The number of nitrogens with two attached hydrogens (primary N) is 1. The van der Waals surface area contributed by atoms with Crippen LogP contribution in [0.25, 0.3) is 0 Å². The molecule has 0 fully saturated rings. The number of rotatable bonds is 6. The molecule has 2 atom stereocenters. The van der Waals surface area contributed by atoms with E-state index in [4.69, 9.17) is 15.9 Å². The van der Waals surface area contributed by atoms with Gasteiger partial charge in [-0.1, -0.05) is 0 Å². The molecule has 5 N–H and O–H groups in total. The van der Waals surface area contributed by atoms with Gasteiger partial charge in [0.2, 0.25) is 5.91 Å². The van der Waals surface area contributed by atoms with Crippen LogP contribution < -0.4 is 11.1 Å². The molecule has 0 saturated carbocycles. The van der Waals surface area contributed by atoms with Crippen molar-refractivity contribution < 1.29 is 24.6 Å². The van der Waals surface area contributed by atoms with E-state index in [1.54, 1.807) is 0 Å². The van der Waals surface area contributed by atoms with Crippen molar-refractivity contribution >= 4 is 17.8 Å². The average molecular weight is 218 g/mol. The zero-order valence-electron chi connectivity index (χ0n) is 8.27. The summed E-state index contributed by atoms with van der Waals surface area (Å²) >= 11 is 0. The molecule has 0 aromatic heterocycles. The summed E-state index contributed by atoms with van der Waals surface area (Å²) in [5, 5.41) is 19.0. The summed E-state index contributed by atoms with van der Waals surface area (Å²) in [7, 11) is 0. The Morgan fingerprint density at radius 3 is 2.27 bits per heavy atom. The first-order valence-corrected chi connectivity index (χ1v) is 4.35. The van der Waals surface area contributed by atoms with E-state index in [1.165, 1.54) is 6.92 Å². The number of nitrogens with one attached hydrogen (secondary N) is 1. The predicted octanol–water partition coefficient (Wildman–Crippen LogP) is -1.23. The van der Waals surface area contributed by atoms with Crippen molar-refractivity contribution in [2.24, 2.45) is 5.73 Å². The quantitative estimate of drug-likeness (QED) is 0.441. The molecule has 0 radical (unpaired) electrons. The second-order valence-corrected chi connectivity index (χ2v) is 3.11. The van der Waals surface area contributed by atoms with Gasteiger partial charge in [-0.05, 0) is 13.3 Å². The van der Waals surface area contributed by atoms with Crippen LogP contribution in [0, 0.1) is 0 Å². The van der Waals surface area contributed by atoms with Crippen LogP contribution in [-0.2, 0) is 14.4 Å². The van der Waals surface area contributed by atoms with E-state index in [9.17, 15) is 14.4 Å². The van der Waals surface area contributed by atoms with Crippen molar-refractivity contribution in [2.45, 2.75) is 31.8 Å². The lowest BCUT2D eigenvalue weighted by atomic mass is 10.1. The molecule has 0 saturated heterocycles. The van der Waals surface area contributed by atoms with E-state index in [1.807, 2.05) is 0 Å². The molecule has 0 unspecified atom stereocenters. The summed E-state index contributed by atoms with van der Waals surface area (Å²) in [6.45, 7) is 1.30. The summed E-state index contributed by atoms with van der Waals surface area (Å²) in [4.78, 5) is 31.7. The maximum atomic E-state index is 11.2. The van der Waals surface area contributed by atoms with Crippen LogP contribution in [-0.4, -0.2) is 40.1 Å². The number of carboxylic acid groups (broad SMARTS) is 2. The molecule has 7 nitrogen and oxygen atoms in total. The van der Waals surface area contributed by atoms with Gasteiger partial charge >= 0.3 is 11.9 Å². The number of hydrogen-bond donors (Lipinski definition) is 4. The van der Waals surface area contributed by atoms with Gasteiger partial charge in [0.05, 0.1) is 6.04 Å². The van der Waals surface area contributed by atoms with Crippen molar-refractivity contribution in [3.05, 3.63) is 0 Å². The van der Waals surface area contributed by atoms with E-state index in [-0.39, 0.29) is 12.8 Å². The number of carboxylic acids is 2. The fourth-order valence-corrected chi connectivity index (χ4v) is 0.792. The molecule has 0 rings (SSSR count). The number of amides is 1. The van der Waals surface area contributed by atoms with Crippen molar-refractivity contribution in [2.75, 3.05) is 0 Å². The zero-order chi connectivity index (χ0) is 12.0. The molecular weight excluding hydrogens is 204 g/mol. The van der Waals surface area contributed by atoms with Crippen molar-refractivity contribution in [3.63, 3.8) is 0 Å². The third-order valence-corrected chi connectivity index (χ3v) is 1.74. The van der Waals surface area contributed by atoms with Gasteiger partial charge in [-0.15, -0.1) is 0 Å². The highest BCUT2D eigenvalue weighted by atomic mass is 16.4. The third kappa shape index (κ3) is 5.63. The standard InChI is InChI=1S/C8H14N2O5/c1-4(8(14)15)10-7(13)5(9)2-3-6(11)12/h4-5H,2-3,9H2,1H3,(H,10,13)(H,11,12)(H,14,15)/t4-,5+/m0/s1. The van der Waals surface area contributed by atoms with Crippen LogP contribution in [0.2, 0.25) is 0 Å². The maximum Gasteiger partial charge on any atom is 0.325 e. The van der Waals surface area contributed by atoms with Crippen LogP contribution in [0.3, 0.4) is 0 Å². The first-order valence-electron chi connectivity index (χ1n) is 4.35. The smallest absolute Gasteiger partial charge is 0.325 e. The van der Waals surface area contributed by atoms with Gasteiger partial charge in [-0.3, -0.25) is 14.4 Å². The summed E-state index contributed by atoms with van der Waals surface area (Å²) in [5.41, 5.74) is 5.35. The van der Waals surface area contributed by atoms with Crippen LogP contribution in [0.1, 0.15) is 19.8 Å². The van der Waals surface area contributed by atoms with Gasteiger partial charge in [0, 0.05) is 6.42 Å². The molecule has 7 heteroatoms. The summed E-state index contributed by atoms with van der Waals surface area (Å²) in [6, 6.07) is -2.03. The van der Waals surface area contributed by atoms with Gasteiger partial charge in [-0.2, -0.15) is 0 Å². The minimum Gasteiger partial charge on any atom is -0.481 e. The minimum atomic E-state index is -1.17. The Labute approximate surface area is 86.3 Å². The number of carbonyl (C=O) groups excluding carboxylic acids is 1. The lowest BCUT2D eigenvalue weighted by Crippen LogP contribution is -2.47. The predicted molar refractivity (Wildman–Crippen MR) is 50.1 cm³/mol. The Kier molecular flexibility index (Phi) is 5.32.